The normalized spacial score (nSPS) is 12.6. The number of rotatable bonds is 8. The summed E-state index contributed by atoms with van der Waals surface area (Å²) in [6.07, 6.45) is 1.04. The van der Waals surface area contributed by atoms with Gasteiger partial charge in [-0.25, -0.2) is 4.98 Å². The number of fused-ring (bicyclic) bond motifs is 5. The van der Waals surface area contributed by atoms with E-state index >= 15 is 0 Å². The monoisotopic (exact) mass is 1060 g/mol. The number of phenolic OH excluding ortho intramolecular Hbond substituents is 1. The number of aromatic nitrogens is 4. The summed E-state index contributed by atoms with van der Waals surface area (Å²) in [5.41, 5.74) is 19.2. The van der Waals surface area contributed by atoms with Gasteiger partial charge < -0.3 is 5.11 Å². The van der Waals surface area contributed by atoms with E-state index in [9.17, 15) is 5.11 Å². The number of imidazole rings is 1. The summed E-state index contributed by atoms with van der Waals surface area (Å²) >= 11 is 1.81. The van der Waals surface area contributed by atoms with Gasteiger partial charge in [-0.05, 0) is 107 Å². The van der Waals surface area contributed by atoms with Crippen molar-refractivity contribution in [3.8, 4) is 45.2 Å². The van der Waals surface area contributed by atoms with E-state index in [1.165, 1.54) is 54.1 Å². The van der Waals surface area contributed by atoms with E-state index in [-0.39, 0.29) is 38.9 Å². The first-order valence-corrected chi connectivity index (χ1v) is 24.2. The van der Waals surface area contributed by atoms with Crippen molar-refractivity contribution in [3.05, 3.63) is 142 Å². The van der Waals surface area contributed by atoms with E-state index in [0.717, 1.165) is 78.4 Å². The van der Waals surface area contributed by atoms with E-state index in [1.807, 2.05) is 24.3 Å². The molecule has 0 fully saturated rings. The van der Waals surface area contributed by atoms with Gasteiger partial charge in [0.1, 0.15) is 11.6 Å². The molecule has 9 aromatic rings. The minimum atomic E-state index is -0.181. The van der Waals surface area contributed by atoms with Crippen LogP contribution in [0.5, 0.6) is 5.75 Å². The third kappa shape index (κ3) is 7.55. The molecule has 0 radical (unpaired) electrons. The molecule has 5 nitrogen and oxygen atoms in total. The Balaban J connectivity index is 0.00000548. The maximum atomic E-state index is 11.9. The van der Waals surface area contributed by atoms with Crippen LogP contribution in [0.15, 0.2) is 97.1 Å². The summed E-state index contributed by atoms with van der Waals surface area (Å²) in [7, 11) is 0. The number of aryl methyl sites for hydroxylation is 3. The molecule has 0 spiro atoms. The molecule has 66 heavy (non-hydrogen) atoms. The van der Waals surface area contributed by atoms with Crippen LogP contribution in [-0.2, 0) is 32.9 Å². The first-order chi connectivity index (χ1) is 31.0. The Morgan fingerprint density at radius 1 is 0.758 bits per heavy atom. The Hall–Kier alpha value is -5.36. The van der Waals surface area contributed by atoms with Gasteiger partial charge in [-0.3, -0.25) is 4.57 Å². The van der Waals surface area contributed by atoms with Gasteiger partial charge in [0, 0.05) is 52.6 Å². The third-order valence-corrected chi connectivity index (χ3v) is 14.7. The largest absolute Gasteiger partial charge is 0.507 e. The Morgan fingerprint density at radius 2 is 1.47 bits per heavy atom. The summed E-state index contributed by atoms with van der Waals surface area (Å²) in [4.78, 5) is 5.69. The number of benzene rings is 6. The molecular formula is C58H58BN4OPtS-. The van der Waals surface area contributed by atoms with E-state index in [1.54, 1.807) is 0 Å². The van der Waals surface area contributed by atoms with Gasteiger partial charge in [0.05, 0.1) is 22.3 Å². The quantitative estimate of drug-likeness (QED) is 0.122. The molecule has 0 saturated carbocycles. The molecule has 0 saturated heterocycles. The molecular weight excluding hydrogens is 1010 g/mol. The van der Waals surface area contributed by atoms with Crippen molar-refractivity contribution in [1.29, 1.82) is 0 Å². The Labute approximate surface area is 409 Å². The summed E-state index contributed by atoms with van der Waals surface area (Å²) < 4.78 is 4.73. The molecule has 0 atom stereocenters. The minimum absolute atomic E-state index is 0. The fraction of sp³-hybridized carbons (Fsp3) is 0.293. The van der Waals surface area contributed by atoms with Gasteiger partial charge in [0.25, 0.3) is 0 Å². The maximum Gasteiger partial charge on any atom is 0.247 e. The minimum Gasteiger partial charge on any atom is -0.507 e. The molecule has 1 aliphatic rings. The van der Waals surface area contributed by atoms with Gasteiger partial charge in [0.2, 0.25) is 6.71 Å². The number of nitrogens with zero attached hydrogens (tertiary/aromatic N) is 4. The molecule has 10 rings (SSSR count). The predicted octanol–water partition coefficient (Wildman–Crippen LogP) is 13.2. The van der Waals surface area contributed by atoms with E-state index < -0.39 is 0 Å². The molecule has 4 heterocycles. The van der Waals surface area contributed by atoms with Crippen molar-refractivity contribution < 1.29 is 26.2 Å². The molecule has 0 bridgehead atoms. The molecule has 0 aliphatic carbocycles. The van der Waals surface area contributed by atoms with Crippen LogP contribution in [0.3, 0.4) is 0 Å². The second kappa shape index (κ2) is 17.1. The van der Waals surface area contributed by atoms with Gasteiger partial charge >= 0.3 is 0 Å². The second-order valence-corrected chi connectivity index (χ2v) is 21.7. The summed E-state index contributed by atoms with van der Waals surface area (Å²) in [6.45, 7) is 26.7. The first kappa shape index (κ1) is 45.8. The van der Waals surface area contributed by atoms with Crippen LogP contribution in [0.2, 0.25) is 0 Å². The zero-order chi connectivity index (χ0) is 45.8. The zero-order valence-electron chi connectivity index (χ0n) is 40.2. The Kier molecular flexibility index (Phi) is 11.8. The van der Waals surface area contributed by atoms with E-state index in [0.29, 0.717) is 17.8 Å². The van der Waals surface area contributed by atoms with Crippen molar-refractivity contribution in [3.63, 3.8) is 0 Å². The average molecular weight is 1070 g/mol. The Morgan fingerprint density at radius 3 is 2.17 bits per heavy atom. The van der Waals surface area contributed by atoms with E-state index in [4.69, 9.17) is 15.2 Å². The van der Waals surface area contributed by atoms with Gasteiger partial charge in [-0.1, -0.05) is 146 Å². The number of para-hydroxylation sites is 1. The molecule has 3 aromatic heterocycles. The Bertz CT molecular complexity index is 3360. The van der Waals surface area contributed by atoms with Gasteiger partial charge in [-0.15, -0.1) is 40.7 Å². The van der Waals surface area contributed by atoms with Crippen molar-refractivity contribution in [1.82, 2.24) is 19.7 Å². The van der Waals surface area contributed by atoms with Crippen LogP contribution in [0.4, 0.5) is 0 Å². The van der Waals surface area contributed by atoms with Crippen LogP contribution in [-0.4, -0.2) is 31.6 Å². The van der Waals surface area contributed by atoms with E-state index in [2.05, 4.69) is 178 Å². The van der Waals surface area contributed by atoms with Crippen LogP contribution in [0.25, 0.3) is 70.7 Å². The SMILES string of the molecule is Cc1cc(C)c(O)c(-c2nc3c(-c4[c-]c(-c5nnc(C)c6c5sc5cc(CC(C)C)ccc56)cc(C(C)(C)C)c4)ccc4c3n2-c2ccccc2B4c2c(C(C)C)cccc2C(C)C)c1.[Pt]. The maximum absolute atomic E-state index is 11.9. The number of hydrogen-bond donors (Lipinski definition) is 1. The second-order valence-electron chi connectivity index (χ2n) is 20.6. The number of aromatic hydroxyl groups is 1. The summed E-state index contributed by atoms with van der Waals surface area (Å²) in [6, 6.07) is 39.9. The van der Waals surface area contributed by atoms with Crippen LogP contribution < -0.4 is 16.4 Å². The van der Waals surface area contributed by atoms with Crippen molar-refractivity contribution in [2.45, 2.75) is 107 Å². The first-order valence-electron chi connectivity index (χ1n) is 23.3. The summed E-state index contributed by atoms with van der Waals surface area (Å²) in [5.74, 6) is 2.21. The fourth-order valence-electron chi connectivity index (χ4n) is 10.5. The third-order valence-electron chi connectivity index (χ3n) is 13.6. The van der Waals surface area contributed by atoms with Crippen LogP contribution in [0.1, 0.15) is 113 Å². The molecule has 336 valence electrons. The molecule has 8 heteroatoms. The number of thiophene rings is 1. The van der Waals surface area contributed by atoms with Gasteiger partial charge in [-0.2, -0.15) is 10.2 Å². The average Bonchev–Trinajstić information content (AvgIpc) is 3.85. The van der Waals surface area contributed by atoms with Crippen LogP contribution >= 0.6 is 11.3 Å². The molecule has 1 aliphatic heterocycles. The zero-order valence-corrected chi connectivity index (χ0v) is 43.3. The topological polar surface area (TPSA) is 63.8 Å². The molecule has 0 amide bonds. The van der Waals surface area contributed by atoms with Gasteiger partial charge in [0.15, 0.2) is 0 Å². The van der Waals surface area contributed by atoms with Crippen molar-refractivity contribution >= 4 is 65.6 Å². The smallest absolute Gasteiger partial charge is 0.247 e. The number of hydrogen-bond acceptors (Lipinski definition) is 5. The fourth-order valence-corrected chi connectivity index (χ4v) is 11.8. The molecule has 0 unspecified atom stereocenters. The predicted molar refractivity (Wildman–Crippen MR) is 277 cm³/mol. The summed E-state index contributed by atoms with van der Waals surface area (Å²) in [5, 5.41) is 24.1. The molecule has 1 N–H and O–H groups in total. The van der Waals surface area contributed by atoms with Crippen molar-refractivity contribution in [2.75, 3.05) is 0 Å². The number of phenols is 1. The molecule has 6 aromatic carbocycles. The van der Waals surface area contributed by atoms with Crippen molar-refractivity contribution in [2.24, 2.45) is 5.92 Å². The van der Waals surface area contributed by atoms with Crippen LogP contribution in [0, 0.1) is 32.8 Å². The standard InChI is InChI=1S/C58H58BN4OS.Pt/c1-31(2)24-37-20-21-44-49(27-37)65-56-50(44)36(9)61-62-52(56)39-28-38(29-40(30-39)58(10,11)12)43-22-23-47-54-53(43)60-57(45-26-34(7)25-35(8)55(45)64)63(54)48-19-14-13-18-46(48)59(47)51-41(32(3)4)16-15-17-42(51)33(5)6;/h13-23,25-27,29-33,64H,24H2,1-12H3;/q-1;.